The first-order valence-electron chi connectivity index (χ1n) is 8.73. The third kappa shape index (κ3) is 4.88. The van der Waals surface area contributed by atoms with Gasteiger partial charge in [-0.1, -0.05) is 12.1 Å². The minimum Gasteiger partial charge on any atom is -0.497 e. The van der Waals surface area contributed by atoms with Crippen LogP contribution in [0.5, 0.6) is 5.75 Å². The predicted molar refractivity (Wildman–Crippen MR) is 105 cm³/mol. The molecular formula is C20H20F2N4O3. The number of nitrogens with zero attached hydrogens (tertiary/aromatic N) is 2. The van der Waals surface area contributed by atoms with E-state index in [2.05, 4.69) is 15.6 Å². The molecule has 0 saturated heterocycles. The molecule has 9 heteroatoms. The summed E-state index contributed by atoms with van der Waals surface area (Å²) < 4.78 is 39.2. The lowest BCUT2D eigenvalue weighted by molar-refractivity contribution is 0.188. The smallest absolute Gasteiger partial charge is 0.326 e. The molecule has 0 bridgehead atoms. The highest BCUT2D eigenvalue weighted by Gasteiger charge is 2.16. The van der Waals surface area contributed by atoms with Crippen molar-refractivity contribution in [3.8, 4) is 17.0 Å². The van der Waals surface area contributed by atoms with E-state index in [1.807, 2.05) is 24.3 Å². The molecule has 0 spiro atoms. The first-order valence-corrected chi connectivity index (χ1v) is 8.73. The number of ether oxygens (including phenoxy) is 2. The van der Waals surface area contributed by atoms with Crippen LogP contribution in [0.2, 0.25) is 0 Å². The molecule has 0 aliphatic heterocycles. The fourth-order valence-corrected chi connectivity index (χ4v) is 2.75. The highest BCUT2D eigenvalue weighted by Crippen LogP contribution is 2.26. The number of hydrogen-bond donors (Lipinski definition) is 2. The number of amides is 2. The molecule has 152 valence electrons. The van der Waals surface area contributed by atoms with Crippen molar-refractivity contribution in [1.29, 1.82) is 0 Å². The lowest BCUT2D eigenvalue weighted by atomic mass is 10.1. The second kappa shape index (κ2) is 9.16. The molecule has 0 atom stereocenters. The molecule has 0 radical (unpaired) electrons. The van der Waals surface area contributed by atoms with Gasteiger partial charge in [0, 0.05) is 25.3 Å². The number of urea groups is 1. The van der Waals surface area contributed by atoms with Crippen LogP contribution < -0.4 is 15.4 Å². The lowest BCUT2D eigenvalue weighted by Gasteiger charge is -2.13. The van der Waals surface area contributed by atoms with Gasteiger partial charge >= 0.3 is 6.03 Å². The molecule has 0 aliphatic rings. The number of carbonyl (C=O) groups excluding carboxylic acids is 1. The fourth-order valence-electron chi connectivity index (χ4n) is 2.75. The number of carbonyl (C=O) groups is 1. The molecule has 1 aromatic heterocycles. The van der Waals surface area contributed by atoms with Crippen molar-refractivity contribution >= 4 is 17.7 Å². The van der Waals surface area contributed by atoms with Crippen LogP contribution in [0.25, 0.3) is 11.3 Å². The van der Waals surface area contributed by atoms with E-state index in [9.17, 15) is 13.6 Å². The van der Waals surface area contributed by atoms with Crippen LogP contribution in [-0.4, -0.2) is 36.4 Å². The first kappa shape index (κ1) is 20.3. The van der Waals surface area contributed by atoms with Gasteiger partial charge in [-0.3, -0.25) is 5.32 Å². The summed E-state index contributed by atoms with van der Waals surface area (Å²) in [5, 5.41) is 4.84. The Morgan fingerprint density at radius 1 is 1.14 bits per heavy atom. The van der Waals surface area contributed by atoms with E-state index >= 15 is 0 Å². The average molecular weight is 402 g/mol. The predicted octanol–water partition coefficient (Wildman–Crippen LogP) is 4.13. The molecular weight excluding hydrogens is 382 g/mol. The molecule has 2 amide bonds. The number of methoxy groups -OCH3 is 2. The van der Waals surface area contributed by atoms with Crippen molar-refractivity contribution in [1.82, 2.24) is 9.55 Å². The Labute approximate surface area is 166 Å². The van der Waals surface area contributed by atoms with E-state index < -0.39 is 17.7 Å². The highest BCUT2D eigenvalue weighted by atomic mass is 19.1. The van der Waals surface area contributed by atoms with Gasteiger partial charge in [-0.15, -0.1) is 0 Å². The van der Waals surface area contributed by atoms with Gasteiger partial charge in [0.05, 0.1) is 31.3 Å². The molecule has 7 nitrogen and oxygen atoms in total. The van der Waals surface area contributed by atoms with Gasteiger partial charge in [-0.05, 0) is 24.3 Å². The van der Waals surface area contributed by atoms with Crippen LogP contribution in [0.15, 0.2) is 48.7 Å². The van der Waals surface area contributed by atoms with Crippen LogP contribution in [0.1, 0.15) is 0 Å². The minimum atomic E-state index is -0.754. The summed E-state index contributed by atoms with van der Waals surface area (Å²) in [7, 11) is 3.14. The van der Waals surface area contributed by atoms with Crippen LogP contribution >= 0.6 is 0 Å². The third-order valence-electron chi connectivity index (χ3n) is 4.14. The molecule has 29 heavy (non-hydrogen) atoms. The Morgan fingerprint density at radius 3 is 2.72 bits per heavy atom. The summed E-state index contributed by atoms with van der Waals surface area (Å²) in [4.78, 5) is 16.6. The molecule has 0 aliphatic carbocycles. The van der Waals surface area contributed by atoms with Gasteiger partial charge < -0.3 is 19.4 Å². The van der Waals surface area contributed by atoms with Gasteiger partial charge in [0.25, 0.3) is 0 Å². The van der Waals surface area contributed by atoms with Gasteiger partial charge in [0.1, 0.15) is 17.4 Å². The summed E-state index contributed by atoms with van der Waals surface area (Å²) in [5.41, 5.74) is 1.29. The minimum absolute atomic E-state index is 0.231. The molecule has 0 saturated carbocycles. The molecule has 2 aromatic carbocycles. The number of imidazole rings is 1. The Bertz CT molecular complexity index is 1010. The largest absolute Gasteiger partial charge is 0.497 e. The normalized spacial score (nSPS) is 10.6. The second-order valence-corrected chi connectivity index (χ2v) is 6.05. The third-order valence-corrected chi connectivity index (χ3v) is 4.14. The van der Waals surface area contributed by atoms with E-state index in [4.69, 9.17) is 9.47 Å². The van der Waals surface area contributed by atoms with E-state index in [-0.39, 0.29) is 11.6 Å². The molecule has 0 fully saturated rings. The van der Waals surface area contributed by atoms with E-state index in [1.54, 1.807) is 25.0 Å². The van der Waals surface area contributed by atoms with Crippen molar-refractivity contribution in [2.24, 2.45) is 0 Å². The summed E-state index contributed by atoms with van der Waals surface area (Å²) in [5.74, 6) is -0.505. The van der Waals surface area contributed by atoms with Gasteiger partial charge in [0.2, 0.25) is 5.95 Å². The van der Waals surface area contributed by atoms with Crippen molar-refractivity contribution in [3.63, 3.8) is 0 Å². The Kier molecular flexibility index (Phi) is 6.40. The quantitative estimate of drug-likeness (QED) is 0.623. The zero-order valence-electron chi connectivity index (χ0n) is 15.9. The van der Waals surface area contributed by atoms with Gasteiger partial charge in [-0.2, -0.15) is 0 Å². The second-order valence-electron chi connectivity index (χ2n) is 6.05. The molecule has 3 rings (SSSR count). The maximum Gasteiger partial charge on any atom is 0.326 e. The zero-order valence-corrected chi connectivity index (χ0v) is 15.9. The Hall–Kier alpha value is -3.46. The lowest BCUT2D eigenvalue weighted by Crippen LogP contribution is -2.23. The van der Waals surface area contributed by atoms with E-state index in [0.717, 1.165) is 29.5 Å². The molecule has 3 aromatic rings. The number of aromatic nitrogens is 2. The monoisotopic (exact) mass is 402 g/mol. The molecule has 2 N–H and O–H groups in total. The van der Waals surface area contributed by atoms with Crippen molar-refractivity contribution in [3.05, 3.63) is 60.3 Å². The number of anilines is 2. The van der Waals surface area contributed by atoms with Crippen LogP contribution in [-0.2, 0) is 11.3 Å². The van der Waals surface area contributed by atoms with Crippen molar-refractivity contribution in [2.45, 2.75) is 6.54 Å². The number of benzene rings is 2. The number of hydrogen-bond acceptors (Lipinski definition) is 4. The standard InChI is InChI=1S/C20H20F2N4O3/c1-28-9-8-26-18(13-4-3-5-15(10-13)29-2)12-23-19(26)25-20(27)24-17-11-14(21)6-7-16(17)22/h3-7,10-12H,8-9H2,1-2H3,(H2,23,24,25,27). The maximum absolute atomic E-state index is 13.8. The Balaban J connectivity index is 1.85. The molecule has 1 heterocycles. The average Bonchev–Trinajstić information content (AvgIpc) is 3.11. The number of halogens is 2. The van der Waals surface area contributed by atoms with Crippen LogP contribution in [0.4, 0.5) is 25.2 Å². The number of rotatable bonds is 7. The summed E-state index contributed by atoms with van der Waals surface area (Å²) in [6, 6.07) is 9.43. The first-order chi connectivity index (χ1) is 14.0. The maximum atomic E-state index is 13.8. The van der Waals surface area contributed by atoms with E-state index in [0.29, 0.717) is 18.9 Å². The van der Waals surface area contributed by atoms with Gasteiger partial charge in [0.15, 0.2) is 0 Å². The Morgan fingerprint density at radius 2 is 1.97 bits per heavy atom. The summed E-state index contributed by atoms with van der Waals surface area (Å²) in [6.45, 7) is 0.787. The van der Waals surface area contributed by atoms with Crippen LogP contribution in [0, 0.1) is 11.6 Å². The fraction of sp³-hybridized carbons (Fsp3) is 0.200. The highest BCUT2D eigenvalue weighted by molar-refractivity contribution is 5.99. The summed E-state index contributed by atoms with van der Waals surface area (Å²) in [6.07, 6.45) is 1.60. The molecule has 0 unspecified atom stereocenters. The van der Waals surface area contributed by atoms with Gasteiger partial charge in [-0.25, -0.2) is 18.6 Å². The van der Waals surface area contributed by atoms with Crippen molar-refractivity contribution < 1.29 is 23.0 Å². The van der Waals surface area contributed by atoms with Crippen LogP contribution in [0.3, 0.4) is 0 Å². The zero-order chi connectivity index (χ0) is 20.8. The van der Waals surface area contributed by atoms with E-state index in [1.165, 1.54) is 0 Å². The summed E-state index contributed by atoms with van der Waals surface area (Å²) >= 11 is 0. The topological polar surface area (TPSA) is 77.4 Å². The van der Waals surface area contributed by atoms with Crippen molar-refractivity contribution in [2.75, 3.05) is 31.5 Å². The number of nitrogens with one attached hydrogen (secondary N) is 2. The SMILES string of the molecule is COCCn1c(-c2cccc(OC)c2)cnc1NC(=O)Nc1cc(F)ccc1F.